The number of aromatic amines is 1. The van der Waals surface area contributed by atoms with Crippen LogP contribution in [0.1, 0.15) is 0 Å². The number of benzene rings is 1. The number of fused-ring (bicyclic) bond motifs is 1. The number of methoxy groups -OCH3 is 2. The first-order valence-corrected chi connectivity index (χ1v) is 12.5. The number of amides is 1. The number of ether oxygens (including phenoxy) is 3. The number of carbonyl (C=O) groups is 1. The Balaban J connectivity index is 1.91. The van der Waals surface area contributed by atoms with Crippen molar-refractivity contribution in [1.29, 1.82) is 0 Å². The Bertz CT molecular complexity index is 1510. The van der Waals surface area contributed by atoms with E-state index < -0.39 is 30.4 Å². The van der Waals surface area contributed by atoms with Crippen molar-refractivity contribution >= 4 is 40.1 Å². The number of aromatic nitrogens is 3. The summed E-state index contributed by atoms with van der Waals surface area (Å²) < 4.78 is 17.6. The molecule has 4 N–H and O–H groups in total. The number of pyridine rings is 1. The zero-order chi connectivity index (χ0) is 28.3. The van der Waals surface area contributed by atoms with E-state index in [-0.39, 0.29) is 69.6 Å². The average Bonchev–Trinajstić information content (AvgIpc) is 3.36. The molecule has 3 atom stereocenters. The van der Waals surface area contributed by atoms with E-state index in [2.05, 4.69) is 26.9 Å². The minimum Gasteiger partial charge on any atom is -0.495 e. The lowest BCUT2D eigenvalue weighted by Crippen LogP contribution is -2.43. The third-order valence-corrected chi connectivity index (χ3v) is 6.92. The summed E-state index contributed by atoms with van der Waals surface area (Å²) in [5.41, 5.74) is 0.207. The maximum atomic E-state index is 13.4. The monoisotopic (exact) mass is 579 g/mol. The zero-order valence-corrected chi connectivity index (χ0v) is 22.6. The molecule has 2 aromatic heterocycles. The maximum Gasteiger partial charge on any atom is 0.257 e. The Morgan fingerprint density at radius 3 is 2.64 bits per heavy atom. The molecule has 3 heterocycles. The van der Waals surface area contributed by atoms with Crippen molar-refractivity contribution in [3.8, 4) is 22.6 Å². The van der Waals surface area contributed by atoms with Gasteiger partial charge in [-0.05, 0) is 12.1 Å². The number of aliphatic hydroxyl groups excluding tert-OH is 2. The lowest BCUT2D eigenvalue weighted by molar-refractivity contribution is -0.117. The molecule has 1 aromatic carbocycles. The lowest BCUT2D eigenvalue weighted by atomic mass is 10.0. The van der Waals surface area contributed by atoms with Crippen molar-refractivity contribution < 1.29 is 29.2 Å². The van der Waals surface area contributed by atoms with Gasteiger partial charge < -0.3 is 34.7 Å². The summed E-state index contributed by atoms with van der Waals surface area (Å²) in [5.74, 6) is 0.152. The molecule has 3 aromatic rings. The van der Waals surface area contributed by atoms with Crippen LogP contribution < -0.4 is 26.0 Å². The van der Waals surface area contributed by atoms with Crippen molar-refractivity contribution in [3.63, 3.8) is 0 Å². The lowest BCUT2D eigenvalue weighted by Gasteiger charge is -2.18. The molecule has 4 rings (SSSR count). The topological polar surface area (TPSA) is 160 Å². The fourth-order valence-corrected chi connectivity index (χ4v) is 4.91. The van der Waals surface area contributed by atoms with Gasteiger partial charge in [-0.15, -0.1) is 0 Å². The first-order valence-electron chi connectivity index (χ1n) is 11.8. The fraction of sp³-hybridized carbons (Fsp3) is 0.360. The van der Waals surface area contributed by atoms with Crippen LogP contribution in [-0.4, -0.2) is 82.9 Å². The highest BCUT2D eigenvalue weighted by atomic mass is 35.5. The summed E-state index contributed by atoms with van der Waals surface area (Å²) in [4.78, 5) is 37.1. The van der Waals surface area contributed by atoms with Crippen LogP contribution in [-0.2, 0) is 16.1 Å². The molecule has 0 aliphatic carbocycles. The van der Waals surface area contributed by atoms with E-state index >= 15 is 0 Å². The van der Waals surface area contributed by atoms with Gasteiger partial charge in [0.05, 0.1) is 74.4 Å². The number of nitrogens with one attached hydrogen (secondary N) is 2. The number of nitrogens with zero attached hydrogens (tertiary/aromatic N) is 3. The van der Waals surface area contributed by atoms with Gasteiger partial charge in [0.2, 0.25) is 11.5 Å². The third kappa shape index (κ3) is 5.80. The van der Waals surface area contributed by atoms with E-state index in [0.29, 0.717) is 5.39 Å². The predicted molar refractivity (Wildman–Crippen MR) is 144 cm³/mol. The van der Waals surface area contributed by atoms with E-state index in [0.717, 1.165) is 6.08 Å². The quantitative estimate of drug-likeness (QED) is 0.273. The molecule has 0 spiro atoms. The molecule has 12 nitrogen and oxygen atoms in total. The fourth-order valence-electron chi connectivity index (χ4n) is 4.21. The molecule has 1 amide bonds. The average molecular weight is 580 g/mol. The van der Waals surface area contributed by atoms with E-state index in [1.54, 1.807) is 6.07 Å². The molecule has 0 radical (unpaired) electrons. The minimum atomic E-state index is -1.18. The van der Waals surface area contributed by atoms with Crippen LogP contribution in [0.2, 0.25) is 10.0 Å². The van der Waals surface area contributed by atoms with Gasteiger partial charge in [0.25, 0.3) is 5.56 Å². The van der Waals surface area contributed by atoms with Crippen molar-refractivity contribution in [2.24, 2.45) is 4.99 Å². The van der Waals surface area contributed by atoms with Gasteiger partial charge in [0, 0.05) is 23.2 Å². The van der Waals surface area contributed by atoms with Crippen LogP contribution in [0.25, 0.3) is 22.2 Å². The Kier molecular flexibility index (Phi) is 8.93. The summed E-state index contributed by atoms with van der Waals surface area (Å²) in [6, 6.07) is 2.13. The first kappa shape index (κ1) is 28.6. The molecule has 14 heteroatoms. The van der Waals surface area contributed by atoms with Gasteiger partial charge in [-0.2, -0.15) is 0 Å². The molecule has 1 aliphatic heterocycles. The number of halogens is 2. The summed E-state index contributed by atoms with van der Waals surface area (Å²) in [7, 11) is 2.85. The van der Waals surface area contributed by atoms with Crippen LogP contribution in [0.15, 0.2) is 40.8 Å². The Labute approximate surface area is 232 Å². The summed E-state index contributed by atoms with van der Waals surface area (Å²) >= 11 is 13.1. The van der Waals surface area contributed by atoms with Crippen LogP contribution in [0.3, 0.4) is 0 Å². The number of hydrogen-bond donors (Lipinski definition) is 4. The molecule has 1 aliphatic rings. The third-order valence-electron chi connectivity index (χ3n) is 6.17. The smallest absolute Gasteiger partial charge is 0.257 e. The van der Waals surface area contributed by atoms with Crippen LogP contribution >= 0.6 is 23.2 Å². The minimum absolute atomic E-state index is 0.116. The van der Waals surface area contributed by atoms with Gasteiger partial charge in [-0.3, -0.25) is 14.2 Å². The van der Waals surface area contributed by atoms with Gasteiger partial charge in [-0.25, -0.2) is 9.98 Å². The second-order valence-corrected chi connectivity index (χ2v) is 9.41. The second-order valence-electron chi connectivity index (χ2n) is 8.66. The van der Waals surface area contributed by atoms with E-state index in [1.807, 2.05) is 0 Å². The van der Waals surface area contributed by atoms with Gasteiger partial charge in [0.1, 0.15) is 17.1 Å². The van der Waals surface area contributed by atoms with E-state index in [1.165, 1.54) is 31.0 Å². The predicted octanol–water partition coefficient (Wildman–Crippen LogP) is 1.04. The molecule has 39 heavy (non-hydrogen) atoms. The summed E-state index contributed by atoms with van der Waals surface area (Å²) in [6.45, 7) is 3.24. The highest BCUT2D eigenvalue weighted by molar-refractivity contribution is 6.41. The van der Waals surface area contributed by atoms with Crippen molar-refractivity contribution in [2.45, 2.75) is 24.7 Å². The normalized spacial score (nSPS) is 18.3. The SMILES string of the molecule is C=CC(=O)N[C@H]1COC[C@H]1N=c1ncc2cc(-c3c(Cl)c(OC)cc(OC)c3Cl)c(=O)[nH]c2n1CC(O)CO. The van der Waals surface area contributed by atoms with Gasteiger partial charge in [0.15, 0.2) is 0 Å². The van der Waals surface area contributed by atoms with Crippen molar-refractivity contribution in [2.75, 3.05) is 34.0 Å². The standard InChI is InChI=1S/C25H27Cl2N5O7/c1-4-19(35)29-15-10-39-11-16(15)30-25-28-7-12-5-14(24(36)31-23(12)32(25)8-13(34)9-33)20-21(26)17(37-2)6-18(38-3)22(20)27/h4-7,13,15-16,33-34H,1,8-11H2,2-3H3,(H,29,35)(H,31,36)/t13?,15-,16+/m0/s1. The molecule has 1 fully saturated rings. The molecule has 0 bridgehead atoms. The molecule has 1 saturated heterocycles. The van der Waals surface area contributed by atoms with Crippen LogP contribution in [0.5, 0.6) is 11.5 Å². The number of H-pyrrole nitrogens is 1. The number of rotatable bonds is 9. The van der Waals surface area contributed by atoms with Gasteiger partial charge >= 0.3 is 0 Å². The Hall–Kier alpha value is -3.42. The highest BCUT2D eigenvalue weighted by Crippen LogP contribution is 2.45. The Morgan fingerprint density at radius 2 is 2.03 bits per heavy atom. The first-order chi connectivity index (χ1) is 18.7. The Morgan fingerprint density at radius 1 is 1.33 bits per heavy atom. The van der Waals surface area contributed by atoms with E-state index in [9.17, 15) is 19.8 Å². The maximum absolute atomic E-state index is 13.4. The molecule has 208 valence electrons. The molecular formula is C25H27Cl2N5O7. The summed E-state index contributed by atoms with van der Waals surface area (Å²) in [6.07, 6.45) is 1.46. The van der Waals surface area contributed by atoms with Crippen molar-refractivity contribution in [1.82, 2.24) is 19.9 Å². The zero-order valence-electron chi connectivity index (χ0n) is 21.1. The van der Waals surface area contributed by atoms with E-state index in [4.69, 9.17) is 37.4 Å². The second kappa shape index (κ2) is 12.2. The number of carbonyl (C=O) groups excluding carboxylic acids is 1. The van der Waals surface area contributed by atoms with Gasteiger partial charge in [-0.1, -0.05) is 29.8 Å². The number of hydrogen-bond acceptors (Lipinski definition) is 9. The van der Waals surface area contributed by atoms with Crippen molar-refractivity contribution in [3.05, 3.63) is 57.0 Å². The highest BCUT2D eigenvalue weighted by Gasteiger charge is 2.29. The number of aliphatic hydroxyl groups is 2. The van der Waals surface area contributed by atoms with Crippen LogP contribution in [0.4, 0.5) is 0 Å². The van der Waals surface area contributed by atoms with Crippen LogP contribution in [0, 0.1) is 0 Å². The summed E-state index contributed by atoms with van der Waals surface area (Å²) in [5, 5.41) is 23.2. The molecule has 0 saturated carbocycles. The molecular weight excluding hydrogens is 553 g/mol. The largest absolute Gasteiger partial charge is 0.495 e. The molecule has 1 unspecified atom stereocenters.